The zero-order valence-electron chi connectivity index (χ0n) is 9.42. The van der Waals surface area contributed by atoms with E-state index in [-0.39, 0.29) is 0 Å². The third kappa shape index (κ3) is 2.07. The standard InChI is InChI=1S/C12H24N/c1-13(2,3)12-8-10-5-4-6-11(7-10)9-12/h10-12H,4-9H2,1-3H3/q+1. The second-order valence-corrected chi connectivity index (χ2v) is 6.14. The molecule has 0 heterocycles. The molecule has 13 heavy (non-hydrogen) atoms. The highest BCUT2D eigenvalue weighted by Gasteiger charge is 2.37. The minimum Gasteiger partial charge on any atom is -0.328 e. The van der Waals surface area contributed by atoms with Crippen LogP contribution in [0.25, 0.3) is 0 Å². The van der Waals surface area contributed by atoms with Crippen LogP contribution < -0.4 is 0 Å². The largest absolute Gasteiger partial charge is 0.328 e. The van der Waals surface area contributed by atoms with Crippen LogP contribution in [0.1, 0.15) is 38.5 Å². The molecule has 0 amide bonds. The van der Waals surface area contributed by atoms with E-state index in [1.54, 1.807) is 6.42 Å². The zero-order chi connectivity index (χ0) is 9.47. The monoisotopic (exact) mass is 182 g/mol. The normalized spacial score (nSPS) is 40.4. The first kappa shape index (κ1) is 9.51. The van der Waals surface area contributed by atoms with Gasteiger partial charge in [0, 0.05) is 12.8 Å². The van der Waals surface area contributed by atoms with Crippen molar-refractivity contribution in [1.82, 2.24) is 0 Å². The summed E-state index contributed by atoms with van der Waals surface area (Å²) in [5.74, 6) is 2.16. The van der Waals surface area contributed by atoms with E-state index in [0.717, 1.165) is 17.9 Å². The van der Waals surface area contributed by atoms with Crippen LogP contribution in [-0.4, -0.2) is 31.7 Å². The molecule has 2 bridgehead atoms. The summed E-state index contributed by atoms with van der Waals surface area (Å²) in [6.45, 7) is 0. The third-order valence-electron chi connectivity index (χ3n) is 4.20. The molecule has 2 aliphatic carbocycles. The molecule has 2 unspecified atom stereocenters. The van der Waals surface area contributed by atoms with Gasteiger partial charge in [-0.3, -0.25) is 0 Å². The fourth-order valence-electron chi connectivity index (χ4n) is 3.33. The van der Waals surface area contributed by atoms with E-state index < -0.39 is 0 Å². The third-order valence-corrected chi connectivity index (χ3v) is 4.20. The van der Waals surface area contributed by atoms with Gasteiger partial charge < -0.3 is 4.48 Å². The van der Waals surface area contributed by atoms with Crippen molar-refractivity contribution in [3.8, 4) is 0 Å². The van der Waals surface area contributed by atoms with Crippen molar-refractivity contribution in [1.29, 1.82) is 0 Å². The number of quaternary nitrogens is 1. The minimum atomic E-state index is 0.948. The summed E-state index contributed by atoms with van der Waals surface area (Å²) >= 11 is 0. The predicted octanol–water partition coefficient (Wildman–Crippen LogP) is 2.66. The molecule has 0 N–H and O–H groups in total. The molecule has 76 valence electrons. The first-order valence-corrected chi connectivity index (χ1v) is 5.87. The molecule has 0 aromatic carbocycles. The van der Waals surface area contributed by atoms with Crippen LogP contribution in [0.3, 0.4) is 0 Å². The SMILES string of the molecule is C[N+](C)(C)C1CC2CCCC(C2)C1. The molecule has 2 saturated carbocycles. The summed E-state index contributed by atoms with van der Waals surface area (Å²) in [5.41, 5.74) is 0. The topological polar surface area (TPSA) is 0 Å². The van der Waals surface area contributed by atoms with Crippen molar-refractivity contribution in [2.45, 2.75) is 44.6 Å². The molecule has 2 atom stereocenters. The van der Waals surface area contributed by atoms with Crippen LogP contribution >= 0.6 is 0 Å². The lowest BCUT2D eigenvalue weighted by atomic mass is 9.70. The molecule has 1 nitrogen and oxygen atoms in total. The summed E-state index contributed by atoms with van der Waals surface area (Å²) in [6, 6.07) is 0.948. The average molecular weight is 182 g/mol. The van der Waals surface area contributed by atoms with Gasteiger partial charge in [0.2, 0.25) is 0 Å². The molecule has 0 saturated heterocycles. The summed E-state index contributed by atoms with van der Waals surface area (Å²) in [7, 11) is 7.10. The molecular weight excluding hydrogens is 158 g/mol. The van der Waals surface area contributed by atoms with Crippen LogP contribution in [0.4, 0.5) is 0 Å². The summed E-state index contributed by atoms with van der Waals surface area (Å²) in [6.07, 6.45) is 9.11. The van der Waals surface area contributed by atoms with E-state index in [1.165, 1.54) is 36.6 Å². The summed E-state index contributed by atoms with van der Waals surface area (Å²) in [5, 5.41) is 0. The maximum absolute atomic E-state index is 2.37. The van der Waals surface area contributed by atoms with Crippen LogP contribution in [0.5, 0.6) is 0 Å². The molecule has 0 aliphatic heterocycles. The fourth-order valence-corrected chi connectivity index (χ4v) is 3.33. The van der Waals surface area contributed by atoms with Gasteiger partial charge >= 0.3 is 0 Å². The van der Waals surface area contributed by atoms with Crippen molar-refractivity contribution in [2.75, 3.05) is 21.1 Å². The fraction of sp³-hybridized carbons (Fsp3) is 1.00. The number of rotatable bonds is 1. The molecule has 0 aromatic heterocycles. The van der Waals surface area contributed by atoms with Gasteiger partial charge in [-0.1, -0.05) is 19.3 Å². The van der Waals surface area contributed by atoms with E-state index in [4.69, 9.17) is 0 Å². The molecule has 2 rings (SSSR count). The Morgan fingerprint density at radius 2 is 1.38 bits per heavy atom. The van der Waals surface area contributed by atoms with E-state index in [1.807, 2.05) is 0 Å². The first-order valence-electron chi connectivity index (χ1n) is 5.87. The Kier molecular flexibility index (Phi) is 2.39. The average Bonchev–Trinajstić information content (AvgIpc) is 2.01. The summed E-state index contributed by atoms with van der Waals surface area (Å²) < 4.78 is 1.19. The number of fused-ring (bicyclic) bond motifs is 2. The van der Waals surface area contributed by atoms with Gasteiger partial charge in [0.05, 0.1) is 27.2 Å². The molecule has 2 fully saturated rings. The van der Waals surface area contributed by atoms with Crippen LogP contribution in [0.15, 0.2) is 0 Å². The van der Waals surface area contributed by atoms with E-state index >= 15 is 0 Å². The van der Waals surface area contributed by atoms with Gasteiger partial charge in [0.25, 0.3) is 0 Å². The Labute approximate surface area is 82.7 Å². The number of hydrogen-bond donors (Lipinski definition) is 0. The van der Waals surface area contributed by atoms with Gasteiger partial charge in [-0.2, -0.15) is 0 Å². The molecule has 0 spiro atoms. The lowest BCUT2D eigenvalue weighted by molar-refractivity contribution is -0.898. The Hall–Kier alpha value is -0.0400. The Bertz CT molecular complexity index is 168. The van der Waals surface area contributed by atoms with Crippen LogP contribution in [-0.2, 0) is 0 Å². The van der Waals surface area contributed by atoms with Crippen molar-refractivity contribution in [3.63, 3.8) is 0 Å². The zero-order valence-corrected chi connectivity index (χ0v) is 9.42. The highest BCUT2D eigenvalue weighted by Crippen LogP contribution is 2.41. The quantitative estimate of drug-likeness (QED) is 0.547. The second-order valence-electron chi connectivity index (χ2n) is 6.14. The van der Waals surface area contributed by atoms with Crippen LogP contribution in [0, 0.1) is 11.8 Å². The molecule has 1 heteroatoms. The molecule has 2 aliphatic rings. The smallest absolute Gasteiger partial charge is 0.0889 e. The van der Waals surface area contributed by atoms with Gasteiger partial charge in [0.15, 0.2) is 0 Å². The van der Waals surface area contributed by atoms with Crippen molar-refractivity contribution >= 4 is 0 Å². The highest BCUT2D eigenvalue weighted by molar-refractivity contribution is 4.83. The maximum Gasteiger partial charge on any atom is 0.0889 e. The Balaban J connectivity index is 2.01. The van der Waals surface area contributed by atoms with Crippen LogP contribution in [0.2, 0.25) is 0 Å². The molecule has 0 radical (unpaired) electrons. The van der Waals surface area contributed by atoms with Crippen molar-refractivity contribution in [2.24, 2.45) is 11.8 Å². The van der Waals surface area contributed by atoms with E-state index in [2.05, 4.69) is 21.1 Å². The maximum atomic E-state index is 2.37. The first-order chi connectivity index (χ1) is 6.05. The summed E-state index contributed by atoms with van der Waals surface area (Å²) in [4.78, 5) is 0. The Morgan fingerprint density at radius 1 is 0.846 bits per heavy atom. The Morgan fingerprint density at radius 3 is 1.85 bits per heavy atom. The van der Waals surface area contributed by atoms with Gasteiger partial charge in [-0.05, 0) is 18.3 Å². The lowest BCUT2D eigenvalue weighted by Crippen LogP contribution is -2.49. The highest BCUT2D eigenvalue weighted by atomic mass is 15.3. The van der Waals surface area contributed by atoms with Crippen molar-refractivity contribution < 1.29 is 4.48 Å². The van der Waals surface area contributed by atoms with E-state index in [9.17, 15) is 0 Å². The van der Waals surface area contributed by atoms with Gasteiger partial charge in [-0.15, -0.1) is 0 Å². The minimum absolute atomic E-state index is 0.948. The predicted molar refractivity (Wildman–Crippen MR) is 56.5 cm³/mol. The van der Waals surface area contributed by atoms with Gasteiger partial charge in [0.1, 0.15) is 0 Å². The second kappa shape index (κ2) is 3.27. The number of hydrogen-bond acceptors (Lipinski definition) is 0. The van der Waals surface area contributed by atoms with Gasteiger partial charge in [-0.25, -0.2) is 0 Å². The molecule has 0 aromatic rings. The van der Waals surface area contributed by atoms with E-state index in [0.29, 0.717) is 0 Å². The number of nitrogens with zero attached hydrogens (tertiary/aromatic N) is 1. The molecular formula is C12H24N+. The van der Waals surface area contributed by atoms with Crippen molar-refractivity contribution in [3.05, 3.63) is 0 Å². The lowest BCUT2D eigenvalue weighted by Gasteiger charge is -2.44.